The molecule has 0 heterocycles. The Hall–Kier alpha value is -0.670. The van der Waals surface area contributed by atoms with E-state index in [1.54, 1.807) is 11.8 Å². The van der Waals surface area contributed by atoms with Crippen molar-refractivity contribution in [1.82, 2.24) is 0 Å². The van der Waals surface area contributed by atoms with Crippen LogP contribution in [0.2, 0.25) is 0 Å². The van der Waals surface area contributed by atoms with Crippen LogP contribution in [0.5, 0.6) is 0 Å². The Kier molecular flexibility index (Phi) is 4.69. The van der Waals surface area contributed by atoms with Crippen molar-refractivity contribution in [3.8, 4) is 0 Å². The fourth-order valence-corrected chi connectivity index (χ4v) is 2.47. The second-order valence-corrected chi connectivity index (χ2v) is 5.80. The van der Waals surface area contributed by atoms with E-state index >= 15 is 0 Å². The van der Waals surface area contributed by atoms with Crippen molar-refractivity contribution in [2.75, 3.05) is 18.5 Å². The molecule has 0 saturated carbocycles. The first-order chi connectivity index (χ1) is 7.48. The lowest BCUT2D eigenvalue weighted by Gasteiger charge is -2.24. The first kappa shape index (κ1) is 13.4. The van der Waals surface area contributed by atoms with Crippen LogP contribution in [0.3, 0.4) is 0 Å². The number of nitrogen functional groups attached to an aromatic ring is 1. The topological polar surface area (TPSA) is 52.0 Å². The van der Waals surface area contributed by atoms with Crippen LogP contribution in [0.4, 0.5) is 5.69 Å². The maximum atomic E-state index is 5.88. The standard InChI is InChI=1S/C13H22N2S/c1-13(2,6-7-14)9-10-4-5-11(15)12(8-10)16-3/h4-5,8H,6-7,9,14-15H2,1-3H3. The van der Waals surface area contributed by atoms with Crippen molar-refractivity contribution >= 4 is 17.4 Å². The molecule has 0 bridgehead atoms. The fourth-order valence-electron chi connectivity index (χ4n) is 1.90. The molecule has 0 radical (unpaired) electrons. The van der Waals surface area contributed by atoms with E-state index in [0.29, 0.717) is 0 Å². The highest BCUT2D eigenvalue weighted by atomic mass is 32.2. The summed E-state index contributed by atoms with van der Waals surface area (Å²) in [5.74, 6) is 0. The van der Waals surface area contributed by atoms with Crippen molar-refractivity contribution < 1.29 is 0 Å². The van der Waals surface area contributed by atoms with Gasteiger partial charge >= 0.3 is 0 Å². The molecule has 4 N–H and O–H groups in total. The summed E-state index contributed by atoms with van der Waals surface area (Å²) in [4.78, 5) is 1.17. The molecule has 0 aliphatic rings. The molecule has 90 valence electrons. The number of nitrogens with two attached hydrogens (primary N) is 2. The van der Waals surface area contributed by atoms with Gasteiger partial charge in [-0.25, -0.2) is 0 Å². The minimum atomic E-state index is 0.264. The molecular formula is C13H22N2S. The van der Waals surface area contributed by atoms with Crippen LogP contribution in [-0.2, 0) is 6.42 Å². The maximum absolute atomic E-state index is 5.88. The number of anilines is 1. The molecule has 0 saturated heterocycles. The monoisotopic (exact) mass is 238 g/mol. The van der Waals surface area contributed by atoms with Gasteiger partial charge in [-0.3, -0.25) is 0 Å². The third kappa shape index (κ3) is 3.72. The molecule has 3 heteroatoms. The summed E-state index contributed by atoms with van der Waals surface area (Å²) in [6.07, 6.45) is 4.16. The summed E-state index contributed by atoms with van der Waals surface area (Å²) >= 11 is 1.70. The normalized spacial score (nSPS) is 11.8. The van der Waals surface area contributed by atoms with Crippen molar-refractivity contribution in [2.45, 2.75) is 31.6 Å². The van der Waals surface area contributed by atoms with E-state index in [9.17, 15) is 0 Å². The van der Waals surface area contributed by atoms with Crippen LogP contribution < -0.4 is 11.5 Å². The highest BCUT2D eigenvalue weighted by Gasteiger charge is 2.17. The van der Waals surface area contributed by atoms with Gasteiger partial charge in [0.2, 0.25) is 0 Å². The first-order valence-electron chi connectivity index (χ1n) is 5.61. The number of hydrogen-bond acceptors (Lipinski definition) is 3. The number of hydrogen-bond donors (Lipinski definition) is 2. The van der Waals surface area contributed by atoms with Gasteiger partial charge in [0.1, 0.15) is 0 Å². The van der Waals surface area contributed by atoms with Gasteiger partial charge in [-0.1, -0.05) is 19.9 Å². The van der Waals surface area contributed by atoms with Gasteiger partial charge in [-0.05, 0) is 48.8 Å². The van der Waals surface area contributed by atoms with Crippen molar-refractivity contribution in [3.05, 3.63) is 23.8 Å². The van der Waals surface area contributed by atoms with E-state index in [1.807, 2.05) is 6.07 Å². The molecule has 16 heavy (non-hydrogen) atoms. The molecule has 0 fully saturated rings. The number of rotatable bonds is 5. The molecule has 0 atom stereocenters. The molecule has 1 aromatic rings. The summed E-state index contributed by atoms with van der Waals surface area (Å²) < 4.78 is 0. The molecule has 1 rings (SSSR count). The summed E-state index contributed by atoms with van der Waals surface area (Å²) in [7, 11) is 0. The molecule has 0 aromatic heterocycles. The van der Waals surface area contributed by atoms with E-state index < -0.39 is 0 Å². The Morgan fingerprint density at radius 3 is 2.56 bits per heavy atom. The predicted molar refractivity (Wildman–Crippen MR) is 73.8 cm³/mol. The van der Waals surface area contributed by atoms with Crippen LogP contribution in [0, 0.1) is 5.41 Å². The molecule has 0 unspecified atom stereocenters. The number of benzene rings is 1. The van der Waals surface area contributed by atoms with Crippen LogP contribution in [0.1, 0.15) is 25.8 Å². The SMILES string of the molecule is CSc1cc(CC(C)(C)CCN)ccc1N. The maximum Gasteiger partial charge on any atom is 0.0452 e. The second-order valence-electron chi connectivity index (χ2n) is 4.96. The zero-order valence-electron chi connectivity index (χ0n) is 10.4. The smallest absolute Gasteiger partial charge is 0.0452 e. The van der Waals surface area contributed by atoms with E-state index in [1.165, 1.54) is 10.5 Å². The van der Waals surface area contributed by atoms with Gasteiger partial charge in [0.15, 0.2) is 0 Å². The molecule has 0 aliphatic heterocycles. The van der Waals surface area contributed by atoms with E-state index in [4.69, 9.17) is 11.5 Å². The largest absolute Gasteiger partial charge is 0.398 e. The van der Waals surface area contributed by atoms with Gasteiger partial charge in [0.05, 0.1) is 0 Å². The predicted octanol–water partition coefficient (Wildman–Crippen LogP) is 2.91. The van der Waals surface area contributed by atoms with Crippen molar-refractivity contribution in [3.63, 3.8) is 0 Å². The number of thioether (sulfide) groups is 1. The summed E-state index contributed by atoms with van der Waals surface area (Å²) in [5.41, 5.74) is 14.0. The minimum Gasteiger partial charge on any atom is -0.398 e. The van der Waals surface area contributed by atoms with Crippen LogP contribution in [0.25, 0.3) is 0 Å². The lowest BCUT2D eigenvalue weighted by molar-refractivity contribution is 0.338. The Morgan fingerprint density at radius 1 is 1.31 bits per heavy atom. The average Bonchev–Trinajstić information content (AvgIpc) is 2.20. The molecule has 2 nitrogen and oxygen atoms in total. The molecule has 0 aliphatic carbocycles. The third-order valence-electron chi connectivity index (χ3n) is 2.80. The molecular weight excluding hydrogens is 216 g/mol. The summed E-state index contributed by atoms with van der Waals surface area (Å²) in [5, 5.41) is 0. The van der Waals surface area contributed by atoms with E-state index in [-0.39, 0.29) is 5.41 Å². The zero-order chi connectivity index (χ0) is 12.2. The van der Waals surface area contributed by atoms with Gasteiger partial charge in [0.25, 0.3) is 0 Å². The van der Waals surface area contributed by atoms with Gasteiger partial charge < -0.3 is 11.5 Å². The van der Waals surface area contributed by atoms with Gasteiger partial charge in [0, 0.05) is 10.6 Å². The van der Waals surface area contributed by atoms with Crippen molar-refractivity contribution in [2.24, 2.45) is 11.1 Å². The van der Waals surface area contributed by atoms with Crippen LogP contribution in [-0.4, -0.2) is 12.8 Å². The van der Waals surface area contributed by atoms with E-state index in [2.05, 4.69) is 32.2 Å². The van der Waals surface area contributed by atoms with E-state index in [0.717, 1.165) is 25.1 Å². The fraction of sp³-hybridized carbons (Fsp3) is 0.538. The second kappa shape index (κ2) is 5.60. The highest BCUT2D eigenvalue weighted by molar-refractivity contribution is 7.98. The third-order valence-corrected chi connectivity index (χ3v) is 3.60. The lowest BCUT2D eigenvalue weighted by Crippen LogP contribution is -2.19. The van der Waals surface area contributed by atoms with Crippen LogP contribution >= 0.6 is 11.8 Å². The zero-order valence-corrected chi connectivity index (χ0v) is 11.2. The lowest BCUT2D eigenvalue weighted by atomic mass is 9.83. The Bertz CT molecular complexity index is 348. The average molecular weight is 238 g/mol. The first-order valence-corrected chi connectivity index (χ1v) is 6.83. The Balaban J connectivity index is 2.81. The Labute approximate surface area is 103 Å². The Morgan fingerprint density at radius 2 is 2.00 bits per heavy atom. The quantitative estimate of drug-likeness (QED) is 0.612. The minimum absolute atomic E-state index is 0.264. The van der Waals surface area contributed by atoms with Gasteiger partial charge in [-0.15, -0.1) is 11.8 Å². The van der Waals surface area contributed by atoms with Gasteiger partial charge in [-0.2, -0.15) is 0 Å². The molecule has 0 amide bonds. The summed E-state index contributed by atoms with van der Waals surface area (Å²) in [6, 6.07) is 6.31. The highest BCUT2D eigenvalue weighted by Crippen LogP contribution is 2.29. The molecule has 0 spiro atoms. The summed E-state index contributed by atoms with van der Waals surface area (Å²) in [6.45, 7) is 5.27. The van der Waals surface area contributed by atoms with Crippen molar-refractivity contribution in [1.29, 1.82) is 0 Å². The van der Waals surface area contributed by atoms with Crippen LogP contribution in [0.15, 0.2) is 23.1 Å². The molecule has 1 aromatic carbocycles.